The monoisotopic (exact) mass is 280 g/mol. The van der Waals surface area contributed by atoms with Crippen molar-refractivity contribution >= 4 is 52.3 Å². The van der Waals surface area contributed by atoms with Gasteiger partial charge in [0, 0.05) is 10.5 Å². The number of nitrogens with one attached hydrogen (secondary N) is 1. The predicted octanol–water partition coefficient (Wildman–Crippen LogP) is 0.964. The van der Waals surface area contributed by atoms with Gasteiger partial charge in [-0.05, 0) is 6.07 Å². The Bertz CT molecular complexity index is 625. The van der Waals surface area contributed by atoms with Gasteiger partial charge in [-0.2, -0.15) is 8.42 Å². The Morgan fingerprint density at radius 2 is 1.94 bits per heavy atom. The number of thiol groups is 1. The van der Waals surface area contributed by atoms with Crippen LogP contribution >= 0.6 is 12.6 Å². The van der Waals surface area contributed by atoms with E-state index in [1.807, 2.05) is 0 Å². The maximum absolute atomic E-state index is 10.8. The molecule has 1 aromatic heterocycles. The van der Waals surface area contributed by atoms with Crippen LogP contribution < -0.4 is 0 Å². The van der Waals surface area contributed by atoms with Crippen molar-refractivity contribution < 1.29 is 13.0 Å². The van der Waals surface area contributed by atoms with Gasteiger partial charge in [0.05, 0.1) is 6.20 Å². The Hall–Kier alpha value is -0.310. The van der Waals surface area contributed by atoms with Gasteiger partial charge in [-0.3, -0.25) is 4.55 Å². The molecular weight excluding hydrogens is 271 g/mol. The van der Waals surface area contributed by atoms with Crippen LogP contribution in [-0.4, -0.2) is 52.5 Å². The Morgan fingerprint density at radius 3 is 2.47 bits per heavy atom. The Balaban J connectivity index is 0.00000144. The number of imidazole rings is 1. The van der Waals surface area contributed by atoms with Gasteiger partial charge in [-0.1, -0.05) is 18.2 Å². The number of rotatable bonds is 2. The predicted molar refractivity (Wildman–Crippen MR) is 68.2 cm³/mol. The van der Waals surface area contributed by atoms with E-state index in [0.717, 1.165) is 6.20 Å². The molecule has 0 bridgehead atoms. The zero-order chi connectivity index (χ0) is 11.8. The fraction of sp³-hybridized carbons (Fsp3) is 0. The summed E-state index contributed by atoms with van der Waals surface area (Å²) in [7, 11) is -4.25. The molecule has 0 radical (unpaired) electrons. The van der Waals surface area contributed by atoms with E-state index in [-0.39, 0.29) is 34.6 Å². The summed E-state index contributed by atoms with van der Waals surface area (Å²) in [5.74, 6) is 0.346. The van der Waals surface area contributed by atoms with Gasteiger partial charge >= 0.3 is 39.7 Å². The van der Waals surface area contributed by atoms with Crippen LogP contribution in [0.3, 0.4) is 0 Å². The summed E-state index contributed by atoms with van der Waals surface area (Å²) >= 11 is 4.22. The van der Waals surface area contributed by atoms with E-state index in [1.54, 1.807) is 24.3 Å². The topological polar surface area (TPSA) is 83.1 Å². The van der Waals surface area contributed by atoms with E-state index in [2.05, 4.69) is 22.6 Å². The van der Waals surface area contributed by atoms with Gasteiger partial charge in [-0.15, -0.1) is 12.6 Å². The zero-order valence-electron chi connectivity index (χ0n) is 7.95. The fourth-order valence-corrected chi connectivity index (χ4v) is 1.92. The van der Waals surface area contributed by atoms with E-state index in [0.29, 0.717) is 16.3 Å². The van der Waals surface area contributed by atoms with Crippen LogP contribution in [0.25, 0.3) is 11.4 Å². The van der Waals surface area contributed by atoms with E-state index in [4.69, 9.17) is 4.55 Å². The summed E-state index contributed by atoms with van der Waals surface area (Å²) in [6, 6.07) is 7.09. The Labute approximate surface area is 126 Å². The normalized spacial score (nSPS) is 10.9. The van der Waals surface area contributed by atoms with Gasteiger partial charge in [0.2, 0.25) is 0 Å². The number of hydrogen-bond donors (Lipinski definition) is 3. The second kappa shape index (κ2) is 5.55. The number of aromatic amines is 1. The molecule has 2 aromatic rings. The molecule has 2 rings (SSSR count). The summed E-state index contributed by atoms with van der Waals surface area (Å²) in [4.78, 5) is 7.05. The van der Waals surface area contributed by atoms with Crippen LogP contribution in [0.15, 0.2) is 40.4 Å². The molecule has 0 saturated heterocycles. The molecule has 0 atom stereocenters. The third-order valence-electron chi connectivity index (χ3n) is 1.99. The molecule has 1 heterocycles. The molecular formula is C9H9N2NaO3S2. The average molecular weight is 280 g/mol. The van der Waals surface area contributed by atoms with Crippen LogP contribution in [0.5, 0.6) is 0 Å². The summed E-state index contributed by atoms with van der Waals surface area (Å²) in [5, 5.41) is -0.334. The van der Waals surface area contributed by atoms with Crippen molar-refractivity contribution in [1.82, 2.24) is 9.97 Å². The summed E-state index contributed by atoms with van der Waals surface area (Å²) in [6.07, 6.45) is 1.06. The van der Waals surface area contributed by atoms with Crippen LogP contribution in [-0.2, 0) is 10.1 Å². The second-order valence-corrected chi connectivity index (χ2v) is 4.96. The number of H-pyrrole nitrogens is 1. The van der Waals surface area contributed by atoms with E-state index in [1.165, 1.54) is 0 Å². The van der Waals surface area contributed by atoms with E-state index >= 15 is 0 Å². The van der Waals surface area contributed by atoms with Gasteiger partial charge < -0.3 is 4.98 Å². The summed E-state index contributed by atoms with van der Waals surface area (Å²) < 4.78 is 30.5. The number of hydrogen-bond acceptors (Lipinski definition) is 4. The quantitative estimate of drug-likeness (QED) is 0.435. The van der Waals surface area contributed by atoms with Gasteiger partial charge in [0.15, 0.2) is 5.03 Å². The summed E-state index contributed by atoms with van der Waals surface area (Å²) in [6.45, 7) is 0. The van der Waals surface area contributed by atoms with Crippen molar-refractivity contribution in [3.8, 4) is 11.4 Å². The molecule has 5 nitrogen and oxygen atoms in total. The molecule has 17 heavy (non-hydrogen) atoms. The van der Waals surface area contributed by atoms with Crippen molar-refractivity contribution in [3.05, 3.63) is 30.5 Å². The number of aromatic nitrogens is 2. The Kier molecular flexibility index (Phi) is 4.82. The molecule has 8 heteroatoms. The minimum atomic E-state index is -4.25. The first-order valence-corrected chi connectivity index (χ1v) is 6.18. The number of nitrogens with zero attached hydrogens (tertiary/aromatic N) is 1. The molecule has 1 aromatic carbocycles. The minimum absolute atomic E-state index is 0. The third-order valence-corrected chi connectivity index (χ3v) is 3.14. The van der Waals surface area contributed by atoms with Crippen LogP contribution in [0, 0.1) is 0 Å². The molecule has 0 spiro atoms. The molecule has 0 fully saturated rings. The standard InChI is InChI=1S/C9H8N2O3S2.Na.H/c12-16(13,14)8-5-10-9(11-8)6-3-1-2-4-7(6)15;;/h1-5,15H,(H,10,11)(H,12,13,14);;. The molecule has 0 amide bonds. The van der Waals surface area contributed by atoms with Crippen molar-refractivity contribution in [3.63, 3.8) is 0 Å². The molecule has 0 unspecified atom stereocenters. The van der Waals surface area contributed by atoms with Gasteiger partial charge in [0.25, 0.3) is 0 Å². The first-order valence-electron chi connectivity index (χ1n) is 4.29. The van der Waals surface area contributed by atoms with Gasteiger partial charge in [-0.25, -0.2) is 4.98 Å². The van der Waals surface area contributed by atoms with E-state index < -0.39 is 10.1 Å². The molecule has 0 aliphatic rings. The second-order valence-electron chi connectivity index (χ2n) is 3.09. The van der Waals surface area contributed by atoms with Crippen molar-refractivity contribution in [2.24, 2.45) is 0 Å². The first kappa shape index (κ1) is 14.7. The van der Waals surface area contributed by atoms with Gasteiger partial charge in [0.1, 0.15) is 5.82 Å². The number of benzene rings is 1. The molecule has 2 N–H and O–H groups in total. The SMILES string of the molecule is O=S(=O)(O)c1cnc(-c2ccccc2S)[nH]1.[NaH]. The maximum atomic E-state index is 10.8. The molecule has 0 aliphatic carbocycles. The molecule has 0 saturated carbocycles. The van der Waals surface area contributed by atoms with Crippen LogP contribution in [0.4, 0.5) is 0 Å². The fourth-order valence-electron chi connectivity index (χ4n) is 1.25. The van der Waals surface area contributed by atoms with Crippen LogP contribution in [0.1, 0.15) is 0 Å². The molecule has 86 valence electrons. The van der Waals surface area contributed by atoms with E-state index in [9.17, 15) is 8.42 Å². The van der Waals surface area contributed by atoms with Crippen molar-refractivity contribution in [2.45, 2.75) is 9.92 Å². The van der Waals surface area contributed by atoms with Crippen molar-refractivity contribution in [2.75, 3.05) is 0 Å². The van der Waals surface area contributed by atoms with Crippen molar-refractivity contribution in [1.29, 1.82) is 0 Å². The third kappa shape index (κ3) is 3.34. The Morgan fingerprint density at radius 1 is 1.29 bits per heavy atom. The first-order chi connectivity index (χ1) is 7.48. The average Bonchev–Trinajstić information content (AvgIpc) is 2.66. The zero-order valence-corrected chi connectivity index (χ0v) is 9.66. The summed E-state index contributed by atoms with van der Waals surface area (Å²) in [5.41, 5.74) is 0.667. The molecule has 0 aliphatic heterocycles. The van der Waals surface area contributed by atoms with Crippen LogP contribution in [0.2, 0.25) is 0 Å².